The predicted molar refractivity (Wildman–Crippen MR) is 82.8 cm³/mol. The zero-order valence-electron chi connectivity index (χ0n) is 12.3. The van der Waals surface area contributed by atoms with Crippen LogP contribution in [0, 0.1) is 0 Å². The molecule has 2 aromatic carbocycles. The molecule has 0 atom stereocenters. The van der Waals surface area contributed by atoms with E-state index in [4.69, 9.17) is 0 Å². The van der Waals surface area contributed by atoms with E-state index in [0.717, 1.165) is 16.4 Å². The van der Waals surface area contributed by atoms with E-state index in [1.807, 2.05) is 57.2 Å². The fourth-order valence-electron chi connectivity index (χ4n) is 2.92. The van der Waals surface area contributed by atoms with Gasteiger partial charge in [-0.25, -0.2) is 0 Å². The minimum absolute atomic E-state index is 0.143. The van der Waals surface area contributed by atoms with Crippen molar-refractivity contribution in [2.24, 2.45) is 0 Å². The quantitative estimate of drug-likeness (QED) is 0.519. The maximum Gasteiger partial charge on any atom is 0.305 e. The van der Waals surface area contributed by atoms with Crippen molar-refractivity contribution in [3.05, 3.63) is 47.5 Å². The summed E-state index contributed by atoms with van der Waals surface area (Å²) in [5, 5.41) is 31.2. The molecule has 1 heterocycles. The van der Waals surface area contributed by atoms with E-state index in [9.17, 15) is 15.3 Å². The third kappa shape index (κ3) is 2.21. The van der Waals surface area contributed by atoms with E-state index >= 15 is 0 Å². The Morgan fingerprint density at radius 2 is 1.52 bits per heavy atom. The average Bonchev–Trinajstić information content (AvgIpc) is 2.73. The lowest BCUT2D eigenvalue weighted by Gasteiger charge is -2.27. The van der Waals surface area contributed by atoms with Crippen molar-refractivity contribution in [1.82, 2.24) is 4.98 Å². The predicted octanol–water partition coefficient (Wildman–Crippen LogP) is 2.71. The molecule has 0 saturated heterocycles. The van der Waals surface area contributed by atoms with E-state index < -0.39 is 5.97 Å². The van der Waals surface area contributed by atoms with E-state index in [1.54, 1.807) is 0 Å². The van der Waals surface area contributed by atoms with Gasteiger partial charge in [-0.1, -0.05) is 45.0 Å². The highest BCUT2D eigenvalue weighted by Crippen LogP contribution is 2.39. The van der Waals surface area contributed by atoms with Gasteiger partial charge in [-0.3, -0.25) is 0 Å². The first-order valence-corrected chi connectivity index (χ1v) is 6.91. The van der Waals surface area contributed by atoms with E-state index in [2.05, 4.69) is 4.98 Å². The first-order chi connectivity index (χ1) is 9.69. The van der Waals surface area contributed by atoms with Gasteiger partial charge >= 0.3 is 5.97 Å². The van der Waals surface area contributed by atoms with Crippen LogP contribution >= 0.6 is 0 Å². The maximum absolute atomic E-state index is 9.91. The minimum Gasteiger partial charge on any atom is -0.354 e. The molecular formula is C17H19NO3. The highest BCUT2D eigenvalue weighted by atomic mass is 16.7. The fourth-order valence-corrected chi connectivity index (χ4v) is 2.92. The van der Waals surface area contributed by atoms with Crippen molar-refractivity contribution in [2.75, 3.05) is 0 Å². The Morgan fingerprint density at radius 1 is 0.857 bits per heavy atom. The molecule has 0 unspecified atom stereocenters. The first-order valence-electron chi connectivity index (χ1n) is 6.91. The van der Waals surface area contributed by atoms with Crippen LogP contribution in [0.1, 0.15) is 31.9 Å². The Labute approximate surface area is 122 Å². The Morgan fingerprint density at radius 3 is 2.14 bits per heavy atom. The summed E-state index contributed by atoms with van der Waals surface area (Å²) in [7, 11) is 0. The van der Waals surface area contributed by atoms with Gasteiger partial charge < -0.3 is 20.3 Å². The van der Waals surface area contributed by atoms with Gasteiger partial charge in [-0.2, -0.15) is 0 Å². The van der Waals surface area contributed by atoms with Gasteiger partial charge in [0.05, 0.1) is 5.56 Å². The number of aromatic nitrogens is 1. The second-order valence-corrected chi connectivity index (χ2v) is 6.47. The summed E-state index contributed by atoms with van der Waals surface area (Å²) in [5.41, 5.74) is 2.17. The number of H-pyrrole nitrogens is 1. The van der Waals surface area contributed by atoms with Crippen LogP contribution in [0.2, 0.25) is 0 Å². The van der Waals surface area contributed by atoms with Crippen LogP contribution < -0.4 is 0 Å². The molecule has 4 N–H and O–H groups in total. The number of para-hydroxylation sites is 1. The van der Waals surface area contributed by atoms with Crippen LogP contribution in [0.15, 0.2) is 36.4 Å². The smallest absolute Gasteiger partial charge is 0.305 e. The summed E-state index contributed by atoms with van der Waals surface area (Å²) in [6, 6.07) is 11.3. The summed E-state index contributed by atoms with van der Waals surface area (Å²) in [6.45, 7) is 5.91. The monoisotopic (exact) mass is 285 g/mol. The molecule has 0 aliphatic heterocycles. The number of nitrogens with one attached hydrogen (secondary N) is 1. The molecule has 0 amide bonds. The van der Waals surface area contributed by atoms with Crippen LogP contribution in [-0.4, -0.2) is 20.3 Å². The van der Waals surface area contributed by atoms with Gasteiger partial charge in [-0.05, 0) is 23.1 Å². The van der Waals surface area contributed by atoms with Crippen molar-refractivity contribution in [3.8, 4) is 0 Å². The molecule has 0 bridgehead atoms. The van der Waals surface area contributed by atoms with Crippen molar-refractivity contribution in [3.63, 3.8) is 0 Å². The van der Waals surface area contributed by atoms with Crippen molar-refractivity contribution in [2.45, 2.75) is 32.2 Å². The molecular weight excluding hydrogens is 266 g/mol. The zero-order valence-corrected chi connectivity index (χ0v) is 12.3. The SMILES string of the molecule is CC(C)(C)c1ccc2[nH]c3ccccc3c2c1C(O)(O)O. The Balaban J connectivity index is 2.55. The Hall–Kier alpha value is -1.88. The average molecular weight is 285 g/mol. The number of fused-ring (bicyclic) bond motifs is 3. The van der Waals surface area contributed by atoms with Gasteiger partial charge in [0, 0.05) is 21.8 Å². The normalized spacial score (nSPS) is 13.2. The molecule has 1 aromatic heterocycles. The van der Waals surface area contributed by atoms with E-state index in [0.29, 0.717) is 10.9 Å². The van der Waals surface area contributed by atoms with Crippen molar-refractivity contribution < 1.29 is 15.3 Å². The summed E-state index contributed by atoms with van der Waals surface area (Å²) in [4.78, 5) is 3.24. The molecule has 4 heteroatoms. The summed E-state index contributed by atoms with van der Waals surface area (Å²) in [5.74, 6) is -2.88. The number of rotatable bonds is 1. The Kier molecular flexibility index (Phi) is 2.89. The van der Waals surface area contributed by atoms with Gasteiger partial charge in [-0.15, -0.1) is 0 Å². The lowest BCUT2D eigenvalue weighted by Crippen LogP contribution is -2.29. The molecule has 3 aromatic rings. The van der Waals surface area contributed by atoms with Gasteiger partial charge in [0.1, 0.15) is 0 Å². The third-order valence-electron chi connectivity index (χ3n) is 3.81. The summed E-state index contributed by atoms with van der Waals surface area (Å²) < 4.78 is 0. The van der Waals surface area contributed by atoms with Crippen LogP contribution in [-0.2, 0) is 11.4 Å². The molecule has 0 radical (unpaired) electrons. The molecule has 0 spiro atoms. The largest absolute Gasteiger partial charge is 0.354 e. The van der Waals surface area contributed by atoms with E-state index in [-0.39, 0.29) is 11.0 Å². The zero-order chi connectivity index (χ0) is 15.4. The third-order valence-corrected chi connectivity index (χ3v) is 3.81. The van der Waals surface area contributed by atoms with Crippen molar-refractivity contribution >= 4 is 21.8 Å². The lowest BCUT2D eigenvalue weighted by atomic mass is 9.81. The summed E-state index contributed by atoms with van der Waals surface area (Å²) in [6.07, 6.45) is 0. The first kappa shape index (κ1) is 14.1. The Bertz CT molecular complexity index is 820. The van der Waals surface area contributed by atoms with Crippen LogP contribution in [0.4, 0.5) is 0 Å². The molecule has 21 heavy (non-hydrogen) atoms. The standard InChI is InChI=1S/C17H19NO3/c1-16(2,3)11-8-9-13-14(15(11)17(19,20)21)10-6-4-5-7-12(10)18-13/h4-9,18-21H,1-3H3. The van der Waals surface area contributed by atoms with Crippen LogP contribution in [0.25, 0.3) is 21.8 Å². The molecule has 3 rings (SSSR count). The topological polar surface area (TPSA) is 76.5 Å². The highest BCUT2D eigenvalue weighted by Gasteiger charge is 2.33. The van der Waals surface area contributed by atoms with Crippen LogP contribution in [0.5, 0.6) is 0 Å². The van der Waals surface area contributed by atoms with Crippen LogP contribution in [0.3, 0.4) is 0 Å². The van der Waals surface area contributed by atoms with E-state index in [1.165, 1.54) is 0 Å². The fraction of sp³-hybridized carbons (Fsp3) is 0.294. The molecule has 0 aliphatic rings. The van der Waals surface area contributed by atoms with Crippen molar-refractivity contribution in [1.29, 1.82) is 0 Å². The molecule has 0 fully saturated rings. The number of hydrogen-bond donors (Lipinski definition) is 4. The number of aliphatic hydroxyl groups is 3. The maximum atomic E-state index is 9.91. The lowest BCUT2D eigenvalue weighted by molar-refractivity contribution is -0.323. The molecule has 0 aliphatic carbocycles. The van der Waals surface area contributed by atoms with Gasteiger partial charge in [0.15, 0.2) is 0 Å². The second-order valence-electron chi connectivity index (χ2n) is 6.47. The van der Waals surface area contributed by atoms with Gasteiger partial charge in [0.2, 0.25) is 0 Å². The molecule has 4 nitrogen and oxygen atoms in total. The van der Waals surface area contributed by atoms with Gasteiger partial charge in [0.25, 0.3) is 0 Å². The summed E-state index contributed by atoms with van der Waals surface area (Å²) >= 11 is 0. The minimum atomic E-state index is -2.88. The second kappa shape index (κ2) is 4.31. The molecule has 110 valence electrons. The molecule has 0 saturated carbocycles. The number of aromatic amines is 1. The highest BCUT2D eigenvalue weighted by molar-refractivity contribution is 6.09. The number of hydrogen-bond acceptors (Lipinski definition) is 3. The number of benzene rings is 2.